The van der Waals surface area contributed by atoms with E-state index in [1.807, 2.05) is 19.1 Å². The van der Waals surface area contributed by atoms with Crippen molar-refractivity contribution >= 4 is 0 Å². The first-order valence-electron chi connectivity index (χ1n) is 4.61. The maximum absolute atomic E-state index is 9.53. The molecule has 0 atom stereocenters. The van der Waals surface area contributed by atoms with Gasteiger partial charge in [-0.15, -0.1) is 0 Å². The first-order chi connectivity index (χ1) is 6.19. The lowest BCUT2D eigenvalue weighted by Gasteiger charge is -2.08. The quantitative estimate of drug-likeness (QED) is 0.748. The largest absolute Gasteiger partial charge is 0.507 e. The summed E-state index contributed by atoms with van der Waals surface area (Å²) in [5.74, 6) is 0.224. The Morgan fingerprint density at radius 3 is 2.54 bits per heavy atom. The summed E-state index contributed by atoms with van der Waals surface area (Å²) in [5.41, 5.74) is 2.65. The number of benzene rings is 1. The van der Waals surface area contributed by atoms with Crippen molar-refractivity contribution in [2.24, 2.45) is 0 Å². The maximum atomic E-state index is 9.53. The molecule has 72 valence electrons. The Hall–Kier alpha value is -1.02. The minimum atomic E-state index is -0.0930. The van der Waals surface area contributed by atoms with E-state index in [1.54, 1.807) is 0 Å². The molecule has 13 heavy (non-hydrogen) atoms. The fourth-order valence-electron chi connectivity index (χ4n) is 1.49. The number of hydrogen-bond donors (Lipinski definition) is 2. The molecule has 1 aromatic rings. The molecule has 0 aliphatic heterocycles. The van der Waals surface area contributed by atoms with Gasteiger partial charge in [0.05, 0.1) is 6.61 Å². The highest BCUT2D eigenvalue weighted by molar-refractivity contribution is 5.42. The molecule has 1 aromatic carbocycles. The predicted octanol–water partition coefficient (Wildman–Crippen LogP) is 2.15. The van der Waals surface area contributed by atoms with Gasteiger partial charge in [-0.05, 0) is 30.5 Å². The minimum absolute atomic E-state index is 0.0930. The first kappa shape index (κ1) is 10.1. The highest BCUT2D eigenvalue weighted by Crippen LogP contribution is 2.24. The fourth-order valence-corrected chi connectivity index (χ4v) is 1.49. The number of aryl methyl sites for hydroxylation is 2. The van der Waals surface area contributed by atoms with Crippen molar-refractivity contribution in [1.82, 2.24) is 0 Å². The van der Waals surface area contributed by atoms with Crippen molar-refractivity contribution < 1.29 is 10.2 Å². The van der Waals surface area contributed by atoms with Crippen molar-refractivity contribution in [3.05, 3.63) is 28.8 Å². The lowest BCUT2D eigenvalue weighted by atomic mass is 10.0. The van der Waals surface area contributed by atoms with Crippen molar-refractivity contribution in [2.75, 3.05) is 0 Å². The number of aliphatic hydroxyl groups is 1. The summed E-state index contributed by atoms with van der Waals surface area (Å²) in [5, 5.41) is 18.5. The number of phenols is 1. The Labute approximate surface area is 78.8 Å². The number of rotatable bonds is 3. The summed E-state index contributed by atoms with van der Waals surface area (Å²) < 4.78 is 0. The molecule has 2 heteroatoms. The number of aromatic hydroxyl groups is 1. The Balaban J connectivity index is 3.06. The van der Waals surface area contributed by atoms with E-state index < -0.39 is 0 Å². The van der Waals surface area contributed by atoms with Crippen LogP contribution in [0.3, 0.4) is 0 Å². The molecule has 0 bridgehead atoms. The molecule has 0 aliphatic carbocycles. The summed E-state index contributed by atoms with van der Waals surface area (Å²) in [4.78, 5) is 0. The molecule has 0 radical (unpaired) electrons. The monoisotopic (exact) mass is 180 g/mol. The molecular formula is C11H16O2. The third-order valence-electron chi connectivity index (χ3n) is 2.15. The highest BCUT2D eigenvalue weighted by Gasteiger charge is 2.05. The number of aliphatic hydroxyl groups excluding tert-OH is 1. The van der Waals surface area contributed by atoms with Gasteiger partial charge in [0.1, 0.15) is 5.75 Å². The second kappa shape index (κ2) is 4.28. The second-order valence-electron chi connectivity index (χ2n) is 3.33. The van der Waals surface area contributed by atoms with Gasteiger partial charge in [-0.25, -0.2) is 0 Å². The van der Waals surface area contributed by atoms with Crippen molar-refractivity contribution in [3.63, 3.8) is 0 Å². The summed E-state index contributed by atoms with van der Waals surface area (Å²) in [6.45, 7) is 3.87. The SMILES string of the molecule is CCCc1cc(C)c(O)c(CO)c1. The van der Waals surface area contributed by atoms with E-state index in [4.69, 9.17) is 5.11 Å². The molecule has 1 rings (SSSR count). The van der Waals surface area contributed by atoms with Gasteiger partial charge in [-0.1, -0.05) is 19.4 Å². The van der Waals surface area contributed by atoms with Crippen LogP contribution in [0.1, 0.15) is 30.0 Å². The zero-order valence-corrected chi connectivity index (χ0v) is 8.17. The fraction of sp³-hybridized carbons (Fsp3) is 0.455. The molecule has 0 heterocycles. The molecule has 0 unspecified atom stereocenters. The van der Waals surface area contributed by atoms with Gasteiger partial charge >= 0.3 is 0 Å². The molecule has 2 N–H and O–H groups in total. The van der Waals surface area contributed by atoms with Gasteiger partial charge in [0, 0.05) is 5.56 Å². The summed E-state index contributed by atoms with van der Waals surface area (Å²) >= 11 is 0. The molecule has 0 aliphatic rings. The standard InChI is InChI=1S/C11H16O2/c1-3-4-9-5-8(2)11(13)10(6-9)7-12/h5-6,12-13H,3-4,7H2,1-2H3. The van der Waals surface area contributed by atoms with Crippen LogP contribution in [0.2, 0.25) is 0 Å². The molecule has 0 amide bonds. The van der Waals surface area contributed by atoms with Crippen molar-refractivity contribution in [2.45, 2.75) is 33.3 Å². The minimum Gasteiger partial charge on any atom is -0.507 e. The molecule has 0 saturated heterocycles. The molecule has 0 saturated carbocycles. The lowest BCUT2D eigenvalue weighted by molar-refractivity contribution is 0.275. The Bertz CT molecular complexity index is 292. The lowest BCUT2D eigenvalue weighted by Crippen LogP contribution is -1.92. The van der Waals surface area contributed by atoms with Crippen LogP contribution in [0.4, 0.5) is 0 Å². The van der Waals surface area contributed by atoms with E-state index in [2.05, 4.69) is 6.92 Å². The molecule has 2 nitrogen and oxygen atoms in total. The van der Waals surface area contributed by atoms with Crippen LogP contribution in [-0.2, 0) is 13.0 Å². The molecule has 0 fully saturated rings. The Kier molecular flexibility index (Phi) is 3.32. The van der Waals surface area contributed by atoms with E-state index >= 15 is 0 Å². The Morgan fingerprint density at radius 1 is 1.31 bits per heavy atom. The number of hydrogen-bond acceptors (Lipinski definition) is 2. The van der Waals surface area contributed by atoms with E-state index in [1.165, 1.54) is 5.56 Å². The van der Waals surface area contributed by atoms with Crippen molar-refractivity contribution in [3.8, 4) is 5.75 Å². The molecular weight excluding hydrogens is 164 g/mol. The van der Waals surface area contributed by atoms with Crippen LogP contribution in [0.5, 0.6) is 5.75 Å². The van der Waals surface area contributed by atoms with E-state index in [9.17, 15) is 5.11 Å². The Morgan fingerprint density at radius 2 is 2.00 bits per heavy atom. The normalized spacial score (nSPS) is 10.4. The van der Waals surface area contributed by atoms with Crippen LogP contribution < -0.4 is 0 Å². The van der Waals surface area contributed by atoms with E-state index in [0.29, 0.717) is 5.56 Å². The van der Waals surface area contributed by atoms with Crippen LogP contribution >= 0.6 is 0 Å². The van der Waals surface area contributed by atoms with E-state index in [-0.39, 0.29) is 12.4 Å². The molecule has 0 spiro atoms. The maximum Gasteiger partial charge on any atom is 0.124 e. The third kappa shape index (κ3) is 2.22. The van der Waals surface area contributed by atoms with Gasteiger partial charge in [0.25, 0.3) is 0 Å². The van der Waals surface area contributed by atoms with Crippen LogP contribution in [0.15, 0.2) is 12.1 Å². The summed E-state index contributed by atoms with van der Waals surface area (Å²) in [6.07, 6.45) is 2.07. The highest BCUT2D eigenvalue weighted by atomic mass is 16.3. The van der Waals surface area contributed by atoms with Gasteiger partial charge in [0.2, 0.25) is 0 Å². The predicted molar refractivity (Wildman–Crippen MR) is 52.8 cm³/mol. The zero-order chi connectivity index (χ0) is 9.84. The van der Waals surface area contributed by atoms with Gasteiger partial charge in [0.15, 0.2) is 0 Å². The van der Waals surface area contributed by atoms with Crippen molar-refractivity contribution in [1.29, 1.82) is 0 Å². The van der Waals surface area contributed by atoms with Crippen LogP contribution in [0, 0.1) is 6.92 Å². The first-order valence-corrected chi connectivity index (χ1v) is 4.61. The van der Waals surface area contributed by atoms with Crippen LogP contribution in [0.25, 0.3) is 0 Å². The zero-order valence-electron chi connectivity index (χ0n) is 8.17. The third-order valence-corrected chi connectivity index (χ3v) is 2.15. The second-order valence-corrected chi connectivity index (χ2v) is 3.33. The topological polar surface area (TPSA) is 40.5 Å². The smallest absolute Gasteiger partial charge is 0.124 e. The van der Waals surface area contributed by atoms with Gasteiger partial charge < -0.3 is 10.2 Å². The van der Waals surface area contributed by atoms with E-state index in [0.717, 1.165) is 18.4 Å². The molecule has 0 aromatic heterocycles. The average Bonchev–Trinajstić information content (AvgIpc) is 2.11. The van der Waals surface area contributed by atoms with Gasteiger partial charge in [-0.2, -0.15) is 0 Å². The van der Waals surface area contributed by atoms with Gasteiger partial charge in [-0.3, -0.25) is 0 Å². The summed E-state index contributed by atoms with van der Waals surface area (Å²) in [7, 11) is 0. The van der Waals surface area contributed by atoms with Crippen LogP contribution in [-0.4, -0.2) is 10.2 Å². The average molecular weight is 180 g/mol. The summed E-state index contributed by atoms with van der Waals surface area (Å²) in [6, 6.07) is 3.84.